The Morgan fingerprint density at radius 1 is 0.329 bits per heavy atom. The number of nitrogens with zero attached hydrogens (tertiary/aromatic N) is 12. The fourth-order valence-electron chi connectivity index (χ4n) is 17.1. The second-order valence-corrected chi connectivity index (χ2v) is 35.0. The van der Waals surface area contributed by atoms with Gasteiger partial charge in [0.25, 0.3) is 29.5 Å². The molecular weight excluding hydrogens is 1840 g/mol. The Morgan fingerprint density at radius 3 is 0.825 bits per heavy atom. The molecule has 5 aliphatic rings. The number of likely N-dealkylation sites (N-methyl/N-ethyl adjacent to an activating group) is 1. The van der Waals surface area contributed by atoms with Gasteiger partial charge in [-0.25, -0.2) is 56.5 Å². The molecule has 0 saturated carbocycles. The van der Waals surface area contributed by atoms with E-state index in [4.69, 9.17) is 22.9 Å². The van der Waals surface area contributed by atoms with Crippen molar-refractivity contribution in [1.29, 1.82) is 5.26 Å². The van der Waals surface area contributed by atoms with Crippen molar-refractivity contribution in [3.05, 3.63) is 328 Å². The maximum atomic E-state index is 13.4. The van der Waals surface area contributed by atoms with Crippen molar-refractivity contribution in [3.63, 3.8) is 0 Å². The molecule has 0 radical (unpaired) electrons. The molecule has 5 aromatic heterocycles. The zero-order valence-electron chi connectivity index (χ0n) is 76.6. The van der Waals surface area contributed by atoms with Gasteiger partial charge in [-0.2, -0.15) is 5.26 Å². The first-order chi connectivity index (χ1) is 68.3. The van der Waals surface area contributed by atoms with Crippen LogP contribution in [0.1, 0.15) is 128 Å². The number of nitrogens with one attached hydrogen (secondary N) is 1. The van der Waals surface area contributed by atoms with Gasteiger partial charge in [-0.3, -0.25) is 82.0 Å². The zero-order valence-corrected chi connectivity index (χ0v) is 76.6. The summed E-state index contributed by atoms with van der Waals surface area (Å²) in [7, 11) is 1.57. The fourth-order valence-corrected chi connectivity index (χ4v) is 17.1. The zero-order chi connectivity index (χ0) is 102. The summed E-state index contributed by atoms with van der Waals surface area (Å²) in [6, 6.07) is 65.6. The molecule has 0 bridgehead atoms. The van der Waals surface area contributed by atoms with Gasteiger partial charge in [-0.15, -0.1) is 0 Å². The number of likely N-dealkylation sites (tertiary alicyclic amines) is 3. The standard InChI is InChI=1S/C24H22FN3O3.C21H17FN4O3.C21H16FN3O3.C21H14FN3O2.C20H15FN4O3/c1-24(2)11-21(29)28(22(30)12-24)13-14-3-8-17-18(15-4-6-16(25)7-5-15)10-20(23(26)31)27-19(17)9-14;1-25-11-19(27)26(21(25)29)10-12-2-7-15-16(13-3-5-14(22)6-4-13)9-18(20(23)28)24-17(15)8-12;22-14-4-2-13(3-5-14)16-10-18(21(23)28)24-17-9-12(1-6-15(16)17)11-25-19(26)7-8-20(25)27;22-15-4-2-14(3-5-15)18-10-16(11-23)24-19-9-13(1-6-17(18)19)12-25-20(26)7-8-21(25)27;21-13-4-2-12(3-5-13)15-8-17(19(22)27)24-16-7-11(1-6-14(15)16)10-25-18(26)9-23-20(25)28/h3-10H,11-13H2,1-2H3,(H2,26,31);2-9H,10-11H2,1H3,(H2,23,28);1-6,9-10H,7-8,11H2,(H2,23,28);1-6,9-10H,7-8,12H2;1-8H,9-10H2,(H2,22,27)(H,23,28). The van der Waals surface area contributed by atoms with E-state index < -0.39 is 29.7 Å². The first kappa shape index (κ1) is 97.6. The fraction of sp³-hybridized carbons (Fsp3) is 0.159. The third kappa shape index (κ3) is 22.1. The molecule has 15 aromatic rings. The number of benzene rings is 10. The summed E-state index contributed by atoms with van der Waals surface area (Å²) in [6.45, 7) is 4.51. The van der Waals surface area contributed by atoms with E-state index in [1.54, 1.807) is 159 Å². The Bertz CT molecular complexity index is 7640. The van der Waals surface area contributed by atoms with Gasteiger partial charge >= 0.3 is 12.1 Å². The minimum atomic E-state index is -0.690. The third-order valence-electron chi connectivity index (χ3n) is 24.3. The van der Waals surface area contributed by atoms with E-state index in [1.807, 2.05) is 50.2 Å². The van der Waals surface area contributed by atoms with Crippen molar-refractivity contribution in [2.45, 2.75) is 85.1 Å². The van der Waals surface area contributed by atoms with Gasteiger partial charge in [0.1, 0.15) is 70.2 Å². The highest BCUT2D eigenvalue weighted by Gasteiger charge is 2.39. The number of primary amides is 4. The van der Waals surface area contributed by atoms with E-state index in [0.717, 1.165) is 54.1 Å². The lowest BCUT2D eigenvalue weighted by Crippen LogP contribution is -2.45. The van der Waals surface area contributed by atoms with Crippen molar-refractivity contribution >= 4 is 137 Å². The molecule has 16 amide bonds. The second kappa shape index (κ2) is 41.1. The first-order valence-corrected chi connectivity index (χ1v) is 44.6. The van der Waals surface area contributed by atoms with E-state index in [-0.39, 0.29) is 188 Å². The minimum Gasteiger partial charge on any atom is -0.364 e. The summed E-state index contributed by atoms with van der Waals surface area (Å²) < 4.78 is 66.5. The Kier molecular flexibility index (Phi) is 28.1. The van der Waals surface area contributed by atoms with E-state index in [1.165, 1.54) is 85.2 Å². The molecule has 5 fully saturated rings. The largest absolute Gasteiger partial charge is 0.364 e. The number of carbonyl (C=O) groups excluding carboxylic acids is 14. The normalized spacial score (nSPS) is 14.5. The molecule has 0 spiro atoms. The van der Waals surface area contributed by atoms with Gasteiger partial charge in [0.05, 0.1) is 66.9 Å². The summed E-state index contributed by atoms with van der Waals surface area (Å²) in [6.07, 6.45) is 1.57. The maximum Gasteiger partial charge on any atom is 0.327 e. The van der Waals surface area contributed by atoms with Crippen LogP contribution in [0.15, 0.2) is 243 Å². The van der Waals surface area contributed by atoms with Gasteiger partial charge in [0.2, 0.25) is 41.4 Å². The maximum absolute atomic E-state index is 13.4. The molecular formula is C107H84F5N17O14. The summed E-state index contributed by atoms with van der Waals surface area (Å²) in [5.41, 5.74) is 35.2. The number of pyridine rings is 5. The number of hydrogen-bond donors (Lipinski definition) is 5. The lowest BCUT2D eigenvalue weighted by Gasteiger charge is -2.34. The third-order valence-corrected chi connectivity index (χ3v) is 24.3. The van der Waals surface area contributed by atoms with Crippen LogP contribution in [0.3, 0.4) is 0 Å². The highest BCUT2D eigenvalue weighted by molar-refractivity contribution is 6.09. The van der Waals surface area contributed by atoms with Crippen molar-refractivity contribution in [1.82, 2.24) is 59.6 Å². The van der Waals surface area contributed by atoms with Gasteiger partial charge in [0, 0.05) is 72.5 Å². The van der Waals surface area contributed by atoms with Crippen molar-refractivity contribution in [3.8, 4) is 61.7 Å². The number of imide groups is 5. The molecule has 10 aromatic carbocycles. The smallest absolute Gasteiger partial charge is 0.327 e. The molecule has 5 aliphatic heterocycles. The summed E-state index contributed by atoms with van der Waals surface area (Å²) in [5, 5.41) is 15.6. The van der Waals surface area contributed by atoms with E-state index in [9.17, 15) is 94.3 Å². The van der Waals surface area contributed by atoms with Crippen LogP contribution in [-0.2, 0) is 71.1 Å². The van der Waals surface area contributed by atoms with Crippen LogP contribution >= 0.6 is 0 Å². The van der Waals surface area contributed by atoms with E-state index in [0.29, 0.717) is 102 Å². The van der Waals surface area contributed by atoms with Gasteiger partial charge in [0.15, 0.2) is 0 Å². The number of halogens is 5. The average Bonchev–Trinajstić information content (AvgIpc) is 1.62. The number of amides is 16. The monoisotopic (exact) mass is 1930 g/mol. The molecule has 0 unspecified atom stereocenters. The Hall–Kier alpha value is -18.4. The molecule has 716 valence electrons. The number of nitriles is 1. The second-order valence-electron chi connectivity index (χ2n) is 35.0. The Morgan fingerprint density at radius 2 is 0.580 bits per heavy atom. The number of piperidine rings is 1. The number of hydrogen-bond acceptors (Lipinski definition) is 20. The molecule has 0 aliphatic carbocycles. The quantitative estimate of drug-likeness (QED) is 0.0285. The molecule has 5 saturated heterocycles. The lowest BCUT2D eigenvalue weighted by atomic mass is 9.81. The van der Waals surface area contributed by atoms with Crippen LogP contribution in [0.2, 0.25) is 0 Å². The molecule has 143 heavy (non-hydrogen) atoms. The summed E-state index contributed by atoms with van der Waals surface area (Å²) in [5.74, 6) is -6.26. The summed E-state index contributed by atoms with van der Waals surface area (Å²) in [4.78, 5) is 196. The Balaban J connectivity index is 0.000000128. The van der Waals surface area contributed by atoms with E-state index >= 15 is 0 Å². The number of fused-ring (bicyclic) bond motifs is 5. The molecule has 10 heterocycles. The van der Waals surface area contributed by atoms with Crippen LogP contribution < -0.4 is 28.3 Å². The molecule has 9 N–H and O–H groups in total. The van der Waals surface area contributed by atoms with Crippen LogP contribution in [0, 0.1) is 45.8 Å². The van der Waals surface area contributed by atoms with Crippen molar-refractivity contribution in [2.75, 3.05) is 20.1 Å². The number of rotatable bonds is 19. The van der Waals surface area contributed by atoms with Crippen molar-refractivity contribution < 1.29 is 89.1 Å². The summed E-state index contributed by atoms with van der Waals surface area (Å²) >= 11 is 0. The Labute approximate surface area is 810 Å². The lowest BCUT2D eigenvalue weighted by molar-refractivity contribution is -0.153. The minimum absolute atomic E-state index is 0.0226. The highest BCUT2D eigenvalue weighted by atomic mass is 19.1. The van der Waals surface area contributed by atoms with E-state index in [2.05, 4.69) is 30.2 Å². The highest BCUT2D eigenvalue weighted by Crippen LogP contribution is 2.39. The average molecular weight is 1930 g/mol. The number of urea groups is 2. The van der Waals surface area contributed by atoms with Gasteiger partial charge in [-0.1, -0.05) is 135 Å². The van der Waals surface area contributed by atoms with Gasteiger partial charge in [-0.05, 0) is 210 Å². The predicted octanol–water partition coefficient (Wildman–Crippen LogP) is 14.9. The predicted molar refractivity (Wildman–Crippen MR) is 515 cm³/mol. The van der Waals surface area contributed by atoms with Crippen LogP contribution in [0.25, 0.3) is 110 Å². The number of aromatic nitrogens is 5. The van der Waals surface area contributed by atoms with Gasteiger partial charge < -0.3 is 33.2 Å². The van der Waals surface area contributed by atoms with Crippen LogP contribution in [0.5, 0.6) is 0 Å². The van der Waals surface area contributed by atoms with Crippen molar-refractivity contribution in [2.24, 2.45) is 28.3 Å². The van der Waals surface area contributed by atoms with Crippen LogP contribution in [0.4, 0.5) is 31.5 Å². The molecule has 31 nitrogen and oxygen atoms in total. The molecule has 36 heteroatoms. The number of carbonyl (C=O) groups is 14. The number of nitrogens with two attached hydrogens (primary N) is 4. The SMILES string of the molecule is CC1(C)CC(=O)N(Cc2ccc3c(-c4ccc(F)cc4)cc(C(N)=O)nc3c2)C(=O)C1.CN1CC(=O)N(Cc2ccc3c(-c4ccc(F)cc4)cc(C(N)=O)nc3c2)C1=O.N#Cc1cc(-c2ccc(F)cc2)c2ccc(CN3C(=O)CCC3=O)cc2n1.NC(=O)c1cc(-c2ccc(F)cc2)c2ccc(CN3C(=O)CCC3=O)cc2n1.NC(=O)c1cc(-c2ccc(F)cc2)c2ccc(CN3C(=O)CNC3=O)cc2n1. The first-order valence-electron chi connectivity index (χ1n) is 44.6. The molecule has 20 rings (SSSR count). The topological polar surface area (TPSA) is 463 Å². The molecule has 0 atom stereocenters. The van der Waals surface area contributed by atoms with Crippen LogP contribution in [-0.4, -0.2) is 157 Å².